The van der Waals surface area contributed by atoms with Crippen LogP contribution in [0.15, 0.2) is 28.2 Å². The Kier molecular flexibility index (Phi) is 9.73. The molecule has 0 spiro atoms. The van der Waals surface area contributed by atoms with E-state index < -0.39 is 112 Å². The lowest BCUT2D eigenvalue weighted by Crippen LogP contribution is -2.21. The fraction of sp³-hybridized carbons (Fsp3) is 0.286. The third-order valence-electron chi connectivity index (χ3n) is 6.13. The van der Waals surface area contributed by atoms with Crippen molar-refractivity contribution in [3.8, 4) is 0 Å². The van der Waals surface area contributed by atoms with Crippen molar-refractivity contribution in [2.45, 2.75) is 37.5 Å². The first-order valence-electron chi connectivity index (χ1n) is 12.7. The van der Waals surface area contributed by atoms with Crippen molar-refractivity contribution < 1.29 is 54.2 Å². The Hall–Kier alpha value is -3.92. The minimum Gasteiger partial charge on any atom is -0.462 e. The molecule has 0 atom stereocenters. The number of thioether (sulfide) groups is 2. The van der Waals surface area contributed by atoms with Gasteiger partial charge in [0.25, 0.3) is 0 Å². The van der Waals surface area contributed by atoms with Crippen LogP contribution in [-0.4, -0.2) is 36.7 Å². The van der Waals surface area contributed by atoms with Crippen molar-refractivity contribution in [3.63, 3.8) is 0 Å². The van der Waals surface area contributed by atoms with Gasteiger partial charge in [-0.2, -0.15) is 0 Å². The quantitative estimate of drug-likeness (QED) is 0.0640. The molecule has 4 rings (SSSR count). The van der Waals surface area contributed by atoms with Crippen LogP contribution < -0.4 is 10.9 Å². The summed E-state index contributed by atoms with van der Waals surface area (Å²) in [6.45, 7) is 4.86. The van der Waals surface area contributed by atoms with Crippen LogP contribution in [0.25, 0.3) is 21.9 Å². The summed E-state index contributed by atoms with van der Waals surface area (Å²) in [6, 6.07) is 0. The number of rotatable bonds is 9. The molecule has 234 valence electrons. The fourth-order valence-corrected chi connectivity index (χ4v) is 6.18. The SMILES string of the molecule is CCOC(=O)c1c(C)oc2c(F)c(SCCSc3c(F)c(F)c4c(=O)c(C(=O)OCC)c(C)oc4c3F)c(F)c(F)c2c1=O. The molecule has 44 heavy (non-hydrogen) atoms. The van der Waals surface area contributed by atoms with Crippen molar-refractivity contribution in [3.05, 3.63) is 78.0 Å². The van der Waals surface area contributed by atoms with Gasteiger partial charge in [-0.1, -0.05) is 0 Å². The van der Waals surface area contributed by atoms with Crippen molar-refractivity contribution in [1.82, 2.24) is 0 Å². The van der Waals surface area contributed by atoms with Crippen LogP contribution in [0.5, 0.6) is 0 Å². The van der Waals surface area contributed by atoms with Crippen LogP contribution in [0.2, 0.25) is 0 Å². The Balaban J connectivity index is 1.65. The topological polar surface area (TPSA) is 113 Å². The Morgan fingerprint density at radius 2 is 0.955 bits per heavy atom. The van der Waals surface area contributed by atoms with E-state index in [9.17, 15) is 36.7 Å². The Morgan fingerprint density at radius 1 is 0.614 bits per heavy atom. The minimum atomic E-state index is -1.79. The Morgan fingerprint density at radius 3 is 1.27 bits per heavy atom. The fourth-order valence-electron chi connectivity index (χ4n) is 4.23. The van der Waals surface area contributed by atoms with Crippen LogP contribution in [0, 0.1) is 48.8 Å². The number of fused-ring (bicyclic) bond motifs is 2. The molecular formula is C28H20F6O8S2. The lowest BCUT2D eigenvalue weighted by Gasteiger charge is -2.12. The molecule has 0 aliphatic rings. The summed E-state index contributed by atoms with van der Waals surface area (Å²) >= 11 is 0.717. The summed E-state index contributed by atoms with van der Waals surface area (Å²) in [5, 5.41) is -2.29. The largest absolute Gasteiger partial charge is 0.462 e. The van der Waals surface area contributed by atoms with Crippen LogP contribution >= 0.6 is 23.5 Å². The lowest BCUT2D eigenvalue weighted by molar-refractivity contribution is 0.0511. The smallest absolute Gasteiger partial charge is 0.345 e. The van der Waals surface area contributed by atoms with Gasteiger partial charge in [-0.05, 0) is 27.7 Å². The molecule has 0 fully saturated rings. The van der Waals surface area contributed by atoms with Crippen molar-refractivity contribution >= 4 is 57.4 Å². The molecule has 16 heteroatoms. The summed E-state index contributed by atoms with van der Waals surface area (Å²) < 4.78 is 110. The molecule has 0 amide bonds. The number of carbonyl (C=O) groups excluding carboxylic acids is 2. The first kappa shape index (κ1) is 33.0. The lowest BCUT2D eigenvalue weighted by atomic mass is 10.1. The van der Waals surface area contributed by atoms with Gasteiger partial charge in [0.15, 0.2) is 46.1 Å². The second kappa shape index (κ2) is 13.0. The summed E-state index contributed by atoms with van der Waals surface area (Å²) in [4.78, 5) is 47.8. The van der Waals surface area contributed by atoms with Gasteiger partial charge in [0.05, 0.1) is 23.0 Å². The van der Waals surface area contributed by atoms with E-state index in [-0.39, 0.29) is 24.7 Å². The van der Waals surface area contributed by atoms with Crippen LogP contribution in [-0.2, 0) is 9.47 Å². The average Bonchev–Trinajstić information content (AvgIpc) is 2.95. The van der Waals surface area contributed by atoms with Crippen LogP contribution in [0.3, 0.4) is 0 Å². The molecule has 0 aliphatic carbocycles. The van der Waals surface area contributed by atoms with Gasteiger partial charge in [-0.3, -0.25) is 9.59 Å². The third kappa shape index (κ3) is 5.56. The summed E-state index contributed by atoms with van der Waals surface area (Å²) in [6.07, 6.45) is 0. The second-order valence-corrected chi connectivity index (χ2v) is 11.0. The molecule has 0 radical (unpaired) electrons. The number of hydrogen-bond donors (Lipinski definition) is 0. The van der Waals surface area contributed by atoms with Gasteiger partial charge < -0.3 is 18.3 Å². The number of carbonyl (C=O) groups is 2. The van der Waals surface area contributed by atoms with Crippen LogP contribution in [0.1, 0.15) is 46.1 Å². The third-order valence-corrected chi connectivity index (χ3v) is 8.50. The van der Waals surface area contributed by atoms with Crippen molar-refractivity contribution in [2.75, 3.05) is 24.7 Å². The maximum Gasteiger partial charge on any atom is 0.345 e. The van der Waals surface area contributed by atoms with Gasteiger partial charge in [-0.15, -0.1) is 23.5 Å². The van der Waals surface area contributed by atoms with E-state index in [1.54, 1.807) is 0 Å². The number of benzene rings is 2. The van der Waals surface area contributed by atoms with E-state index in [1.807, 2.05) is 0 Å². The Labute approximate surface area is 251 Å². The van der Waals surface area contributed by atoms with Gasteiger partial charge in [0.2, 0.25) is 10.9 Å². The molecule has 2 aromatic carbocycles. The highest BCUT2D eigenvalue weighted by Crippen LogP contribution is 2.37. The molecule has 2 aromatic heterocycles. The molecule has 0 aliphatic heterocycles. The molecule has 4 aromatic rings. The van der Waals surface area contributed by atoms with E-state index in [1.165, 1.54) is 13.8 Å². The predicted molar refractivity (Wildman–Crippen MR) is 148 cm³/mol. The van der Waals surface area contributed by atoms with E-state index in [0.717, 1.165) is 13.8 Å². The standard InChI is InChI=1S/C28H20F6O8S2/c1-5-39-27(37)11-9(3)41-23-13(21(11)35)15(29)17(31)25(19(23)33)43-7-8-44-26-18(32)16(30)14-22(36)12(28(38)40-6-2)10(4)42-24(14)20(26)34/h5-8H2,1-4H3. The zero-order valence-electron chi connectivity index (χ0n) is 23.2. The highest BCUT2D eigenvalue weighted by molar-refractivity contribution is 8.03. The second-order valence-electron chi connectivity index (χ2n) is 8.81. The zero-order chi connectivity index (χ0) is 32.6. The minimum absolute atomic E-state index is 0.140. The maximum atomic E-state index is 15.2. The van der Waals surface area contributed by atoms with E-state index >= 15 is 8.78 Å². The Bertz CT molecular complexity index is 1830. The molecule has 8 nitrogen and oxygen atoms in total. The summed E-state index contributed by atoms with van der Waals surface area (Å²) in [7, 11) is 0. The summed E-state index contributed by atoms with van der Waals surface area (Å²) in [5.41, 5.74) is -6.07. The zero-order valence-corrected chi connectivity index (χ0v) is 24.8. The van der Waals surface area contributed by atoms with Crippen molar-refractivity contribution in [1.29, 1.82) is 0 Å². The van der Waals surface area contributed by atoms with Gasteiger partial charge in [-0.25, -0.2) is 35.9 Å². The first-order valence-corrected chi connectivity index (χ1v) is 14.6. The highest BCUT2D eigenvalue weighted by Gasteiger charge is 2.31. The van der Waals surface area contributed by atoms with Gasteiger partial charge in [0, 0.05) is 11.5 Å². The molecule has 0 bridgehead atoms. The van der Waals surface area contributed by atoms with Gasteiger partial charge >= 0.3 is 11.9 Å². The average molecular weight is 663 g/mol. The molecule has 0 unspecified atom stereocenters. The number of halogens is 6. The van der Waals surface area contributed by atoms with E-state index in [0.29, 0.717) is 23.5 Å². The van der Waals surface area contributed by atoms with Crippen molar-refractivity contribution in [2.24, 2.45) is 0 Å². The van der Waals surface area contributed by atoms with Crippen LogP contribution in [0.4, 0.5) is 26.3 Å². The monoisotopic (exact) mass is 662 g/mol. The normalized spacial score (nSPS) is 11.4. The van der Waals surface area contributed by atoms with Gasteiger partial charge in [0.1, 0.15) is 33.4 Å². The highest BCUT2D eigenvalue weighted by atomic mass is 32.2. The number of ether oxygens (including phenoxy) is 2. The molecule has 0 N–H and O–H groups in total. The molecule has 2 heterocycles. The van der Waals surface area contributed by atoms with E-state index in [2.05, 4.69) is 0 Å². The molecule has 0 saturated carbocycles. The summed E-state index contributed by atoms with van der Waals surface area (Å²) in [5.74, 6) is -13.9. The number of hydrogen-bond acceptors (Lipinski definition) is 10. The predicted octanol–water partition coefficient (Wildman–Crippen LogP) is 6.59. The molecule has 0 saturated heterocycles. The maximum absolute atomic E-state index is 15.2. The first-order chi connectivity index (χ1) is 20.8. The number of esters is 2. The number of aryl methyl sites for hydroxylation is 2. The molecular weight excluding hydrogens is 642 g/mol. The van der Waals surface area contributed by atoms with E-state index in [4.69, 9.17) is 18.3 Å².